The molecule has 1 unspecified atom stereocenters. The Morgan fingerprint density at radius 1 is 1.45 bits per heavy atom. The average molecular weight is 184 g/mol. The minimum Gasteiger partial charge on any atom is -0.364 e. The molecular weight excluding hydrogens is 172 g/mol. The van der Waals surface area contributed by atoms with Crippen LogP contribution in [0.4, 0.5) is 0 Å². The van der Waals surface area contributed by atoms with E-state index in [2.05, 4.69) is 0 Å². The minimum atomic E-state index is -4.37. The summed E-state index contributed by atoms with van der Waals surface area (Å²) in [6.45, 7) is 2.43. The molecule has 0 fully saturated rings. The Balaban J connectivity index is 4.63. The molecule has 0 aromatic carbocycles. The number of hydrogen-bond acceptors (Lipinski definition) is 4. The maximum atomic E-state index is 10.4. The van der Waals surface area contributed by atoms with Crippen molar-refractivity contribution in [3.05, 3.63) is 0 Å². The van der Waals surface area contributed by atoms with Gasteiger partial charge in [-0.15, -0.1) is 0 Å². The minimum absolute atomic E-state index is 0.159. The van der Waals surface area contributed by atoms with Gasteiger partial charge in [0.2, 0.25) is 0 Å². The molecule has 6 heteroatoms. The summed E-state index contributed by atoms with van der Waals surface area (Å²) in [4.78, 5) is 0. The maximum absolute atomic E-state index is 10.4. The predicted molar refractivity (Wildman–Crippen MR) is 38.5 cm³/mol. The van der Waals surface area contributed by atoms with Crippen molar-refractivity contribution in [2.24, 2.45) is 0 Å². The van der Waals surface area contributed by atoms with E-state index in [0.29, 0.717) is 0 Å². The van der Waals surface area contributed by atoms with Crippen LogP contribution in [-0.4, -0.2) is 34.2 Å². The Morgan fingerprint density at radius 2 is 1.82 bits per heavy atom. The summed E-state index contributed by atoms with van der Waals surface area (Å²) in [5, 5.41) is 16.3. The van der Waals surface area contributed by atoms with Gasteiger partial charge in [0.25, 0.3) is 10.1 Å². The highest BCUT2D eigenvalue weighted by Crippen LogP contribution is 2.16. The van der Waals surface area contributed by atoms with Crippen LogP contribution < -0.4 is 0 Å². The van der Waals surface area contributed by atoms with Gasteiger partial charge in [-0.2, -0.15) is 8.42 Å². The Morgan fingerprint density at radius 3 is 1.91 bits per heavy atom. The van der Waals surface area contributed by atoms with Gasteiger partial charge in [-0.1, -0.05) is 6.92 Å². The highest BCUT2D eigenvalue weighted by atomic mass is 32.2. The van der Waals surface area contributed by atoms with Crippen molar-refractivity contribution >= 4 is 10.1 Å². The van der Waals surface area contributed by atoms with Crippen LogP contribution in [0.2, 0.25) is 0 Å². The molecule has 0 aliphatic heterocycles. The third kappa shape index (κ3) is 2.74. The van der Waals surface area contributed by atoms with E-state index in [9.17, 15) is 8.42 Å². The molecule has 1 atom stereocenters. The standard InChI is InChI=1S/C5H12O5S/c1-3-5(6,7)4(2)11(8,9)10/h4,6-7H,3H2,1-2H3,(H,8,9,10). The molecule has 0 aromatic rings. The van der Waals surface area contributed by atoms with E-state index < -0.39 is 21.2 Å². The number of aliphatic hydroxyl groups is 2. The lowest BCUT2D eigenvalue weighted by atomic mass is 10.1. The monoisotopic (exact) mass is 184 g/mol. The fourth-order valence-corrected chi connectivity index (χ4v) is 1.17. The highest BCUT2D eigenvalue weighted by molar-refractivity contribution is 7.86. The van der Waals surface area contributed by atoms with Crippen LogP contribution in [0.25, 0.3) is 0 Å². The Bertz CT molecular complexity index is 217. The molecule has 0 saturated heterocycles. The van der Waals surface area contributed by atoms with E-state index in [4.69, 9.17) is 14.8 Å². The quantitative estimate of drug-likeness (QED) is 0.400. The molecule has 0 bridgehead atoms. The van der Waals surface area contributed by atoms with Crippen LogP contribution in [0.3, 0.4) is 0 Å². The largest absolute Gasteiger partial charge is 0.364 e. The summed E-state index contributed by atoms with van der Waals surface area (Å²) in [5.74, 6) is -2.35. The second-order valence-electron chi connectivity index (χ2n) is 2.39. The molecule has 11 heavy (non-hydrogen) atoms. The third-order valence-corrected chi connectivity index (χ3v) is 2.89. The van der Waals surface area contributed by atoms with Crippen molar-refractivity contribution in [2.75, 3.05) is 0 Å². The Kier molecular flexibility index (Phi) is 3.01. The molecule has 68 valence electrons. The van der Waals surface area contributed by atoms with Crippen LogP contribution in [0.5, 0.6) is 0 Å². The van der Waals surface area contributed by atoms with Crippen molar-refractivity contribution in [3.63, 3.8) is 0 Å². The maximum Gasteiger partial charge on any atom is 0.272 e. The first kappa shape index (κ1) is 10.8. The molecule has 0 aliphatic rings. The van der Waals surface area contributed by atoms with Crippen LogP contribution >= 0.6 is 0 Å². The first-order valence-electron chi connectivity index (χ1n) is 3.13. The second-order valence-corrected chi connectivity index (χ2v) is 4.13. The zero-order valence-electron chi connectivity index (χ0n) is 6.35. The van der Waals surface area contributed by atoms with Crippen molar-refractivity contribution in [2.45, 2.75) is 31.3 Å². The van der Waals surface area contributed by atoms with Gasteiger partial charge in [0.05, 0.1) is 0 Å². The summed E-state index contributed by atoms with van der Waals surface area (Å²) >= 11 is 0. The van der Waals surface area contributed by atoms with Gasteiger partial charge in [0.1, 0.15) is 5.25 Å². The molecule has 0 heterocycles. The Labute approximate surface area is 65.4 Å². The molecule has 0 aromatic heterocycles. The highest BCUT2D eigenvalue weighted by Gasteiger charge is 2.37. The predicted octanol–water partition coefficient (Wildman–Crippen LogP) is -0.646. The molecule has 0 aliphatic carbocycles. The lowest BCUT2D eigenvalue weighted by Crippen LogP contribution is -2.44. The topological polar surface area (TPSA) is 94.8 Å². The average Bonchev–Trinajstić information content (AvgIpc) is 1.84. The first-order chi connectivity index (χ1) is 4.72. The van der Waals surface area contributed by atoms with E-state index >= 15 is 0 Å². The fraction of sp³-hybridized carbons (Fsp3) is 1.00. The van der Waals surface area contributed by atoms with Crippen LogP contribution in [0.15, 0.2) is 0 Å². The molecule has 3 N–H and O–H groups in total. The molecule has 0 rings (SSSR count). The number of hydrogen-bond donors (Lipinski definition) is 3. The molecule has 0 spiro atoms. The first-order valence-corrected chi connectivity index (χ1v) is 4.63. The third-order valence-electron chi connectivity index (χ3n) is 1.62. The summed E-state index contributed by atoms with van der Waals surface area (Å²) < 4.78 is 29.1. The fourth-order valence-electron chi connectivity index (χ4n) is 0.526. The Hall–Kier alpha value is -0.170. The molecular formula is C5H12O5S. The molecule has 5 nitrogen and oxygen atoms in total. The van der Waals surface area contributed by atoms with Crippen LogP contribution in [0.1, 0.15) is 20.3 Å². The number of rotatable bonds is 3. The zero-order chi connectivity index (χ0) is 9.28. The molecule has 0 radical (unpaired) electrons. The van der Waals surface area contributed by atoms with Crippen molar-refractivity contribution in [1.29, 1.82) is 0 Å². The van der Waals surface area contributed by atoms with Gasteiger partial charge >= 0.3 is 0 Å². The van der Waals surface area contributed by atoms with Crippen molar-refractivity contribution in [3.8, 4) is 0 Å². The summed E-state index contributed by atoms with van der Waals surface area (Å²) in [5.41, 5.74) is 0. The normalized spacial score (nSPS) is 16.5. The van der Waals surface area contributed by atoms with E-state index in [1.165, 1.54) is 6.92 Å². The van der Waals surface area contributed by atoms with Gasteiger partial charge in [-0.3, -0.25) is 4.55 Å². The summed E-state index contributed by atoms with van der Waals surface area (Å²) in [6, 6.07) is 0. The summed E-state index contributed by atoms with van der Waals surface area (Å²) in [6.07, 6.45) is -0.159. The van der Waals surface area contributed by atoms with Crippen LogP contribution in [-0.2, 0) is 10.1 Å². The van der Waals surface area contributed by atoms with Gasteiger partial charge in [-0.25, -0.2) is 0 Å². The smallest absolute Gasteiger partial charge is 0.272 e. The van der Waals surface area contributed by atoms with E-state index in [1.54, 1.807) is 0 Å². The molecule has 0 amide bonds. The van der Waals surface area contributed by atoms with E-state index in [-0.39, 0.29) is 6.42 Å². The van der Waals surface area contributed by atoms with Crippen molar-refractivity contribution in [1.82, 2.24) is 0 Å². The van der Waals surface area contributed by atoms with Gasteiger partial charge in [0, 0.05) is 0 Å². The van der Waals surface area contributed by atoms with Crippen LogP contribution in [0, 0.1) is 0 Å². The van der Waals surface area contributed by atoms with Gasteiger partial charge in [-0.05, 0) is 13.3 Å². The summed E-state index contributed by atoms with van der Waals surface area (Å²) in [7, 11) is -4.37. The lowest BCUT2D eigenvalue weighted by Gasteiger charge is -2.24. The molecule has 0 saturated carbocycles. The van der Waals surface area contributed by atoms with Crippen molar-refractivity contribution < 1.29 is 23.2 Å². The zero-order valence-corrected chi connectivity index (χ0v) is 7.17. The van der Waals surface area contributed by atoms with Gasteiger partial charge < -0.3 is 10.2 Å². The van der Waals surface area contributed by atoms with Gasteiger partial charge in [0.15, 0.2) is 5.79 Å². The lowest BCUT2D eigenvalue weighted by molar-refractivity contribution is -0.161. The second kappa shape index (κ2) is 3.06. The SMILES string of the molecule is CCC(O)(O)C(C)S(=O)(=O)O. The van der Waals surface area contributed by atoms with E-state index in [1.807, 2.05) is 0 Å². The van der Waals surface area contributed by atoms with E-state index in [0.717, 1.165) is 6.92 Å².